The molecule has 6 heteroatoms. The van der Waals surface area contributed by atoms with E-state index in [-0.39, 0.29) is 0 Å². The first-order valence-corrected chi connectivity index (χ1v) is 6.40. The van der Waals surface area contributed by atoms with Crippen LogP contribution in [0.2, 0.25) is 0 Å². The fourth-order valence-electron chi connectivity index (χ4n) is 1.50. The Balaban J connectivity index is 2.25. The zero-order valence-corrected chi connectivity index (χ0v) is 11.3. The zero-order valence-electron chi connectivity index (χ0n) is 10.5. The van der Waals surface area contributed by atoms with Crippen molar-refractivity contribution in [3.8, 4) is 0 Å². The monoisotopic (exact) mass is 265 g/mol. The minimum atomic E-state index is -0.832. The van der Waals surface area contributed by atoms with Crippen molar-refractivity contribution in [2.75, 3.05) is 11.9 Å². The maximum absolute atomic E-state index is 11.0. The number of nitrogens with one attached hydrogen (secondary N) is 1. The lowest BCUT2D eigenvalue weighted by atomic mass is 9.94. The maximum atomic E-state index is 11.0. The van der Waals surface area contributed by atoms with Gasteiger partial charge in [0.2, 0.25) is 0 Å². The summed E-state index contributed by atoms with van der Waals surface area (Å²) < 4.78 is 0. The summed E-state index contributed by atoms with van der Waals surface area (Å²) in [6, 6.07) is 2.01. The first-order chi connectivity index (χ1) is 8.40. The lowest BCUT2D eigenvalue weighted by Gasteiger charge is -2.19. The standard InChI is InChI=1S/C12H15N3O2S/c1-7-4-8-9(14-6-15-10(8)18-7)13-5-12(2,3)11(16)17/h4,6H,5H2,1-3H3,(H,16,17)(H,13,14,15). The van der Waals surface area contributed by atoms with E-state index in [1.165, 1.54) is 6.33 Å². The third-order valence-corrected chi connectivity index (χ3v) is 3.69. The Hall–Kier alpha value is -1.69. The summed E-state index contributed by atoms with van der Waals surface area (Å²) in [4.78, 5) is 21.5. The summed E-state index contributed by atoms with van der Waals surface area (Å²) in [5.41, 5.74) is -0.831. The summed E-state index contributed by atoms with van der Waals surface area (Å²) in [5.74, 6) is -0.138. The molecule has 18 heavy (non-hydrogen) atoms. The predicted molar refractivity (Wildman–Crippen MR) is 72.1 cm³/mol. The third-order valence-electron chi connectivity index (χ3n) is 2.73. The fourth-order valence-corrected chi connectivity index (χ4v) is 2.34. The number of carboxylic acid groups (broad SMARTS) is 1. The van der Waals surface area contributed by atoms with Crippen molar-refractivity contribution in [3.05, 3.63) is 17.3 Å². The number of aliphatic carboxylic acids is 1. The summed E-state index contributed by atoms with van der Waals surface area (Å²) in [7, 11) is 0. The average molecular weight is 265 g/mol. The number of anilines is 1. The molecule has 2 N–H and O–H groups in total. The van der Waals surface area contributed by atoms with Crippen LogP contribution in [0.5, 0.6) is 0 Å². The molecule has 2 aromatic rings. The molecule has 0 bridgehead atoms. The van der Waals surface area contributed by atoms with Gasteiger partial charge in [-0.2, -0.15) is 0 Å². The highest BCUT2D eigenvalue weighted by Crippen LogP contribution is 2.28. The molecule has 96 valence electrons. The van der Waals surface area contributed by atoms with Crippen molar-refractivity contribution in [1.82, 2.24) is 9.97 Å². The number of carbonyl (C=O) groups is 1. The van der Waals surface area contributed by atoms with Gasteiger partial charge in [-0.1, -0.05) is 0 Å². The van der Waals surface area contributed by atoms with Gasteiger partial charge >= 0.3 is 5.97 Å². The van der Waals surface area contributed by atoms with Crippen molar-refractivity contribution in [3.63, 3.8) is 0 Å². The van der Waals surface area contributed by atoms with Gasteiger partial charge < -0.3 is 10.4 Å². The molecule has 0 unspecified atom stereocenters. The molecule has 0 saturated carbocycles. The van der Waals surface area contributed by atoms with Crippen LogP contribution in [0.15, 0.2) is 12.4 Å². The maximum Gasteiger partial charge on any atom is 0.310 e. The van der Waals surface area contributed by atoms with E-state index in [1.807, 2.05) is 13.0 Å². The van der Waals surface area contributed by atoms with Crippen LogP contribution < -0.4 is 5.32 Å². The fraction of sp³-hybridized carbons (Fsp3) is 0.417. The van der Waals surface area contributed by atoms with Crippen molar-refractivity contribution in [2.24, 2.45) is 5.41 Å². The largest absolute Gasteiger partial charge is 0.481 e. The summed E-state index contributed by atoms with van der Waals surface area (Å²) in [6.07, 6.45) is 1.49. The summed E-state index contributed by atoms with van der Waals surface area (Å²) in [5, 5.41) is 13.1. The Morgan fingerprint density at radius 1 is 1.50 bits per heavy atom. The number of carboxylic acids is 1. The van der Waals surface area contributed by atoms with E-state index < -0.39 is 11.4 Å². The minimum absolute atomic E-state index is 0.323. The molecule has 2 heterocycles. The van der Waals surface area contributed by atoms with Crippen LogP contribution in [0, 0.1) is 12.3 Å². The molecule has 0 amide bonds. The molecule has 2 aromatic heterocycles. The van der Waals surface area contributed by atoms with Gasteiger partial charge in [0.25, 0.3) is 0 Å². The lowest BCUT2D eigenvalue weighted by Crippen LogP contribution is -2.32. The summed E-state index contributed by atoms with van der Waals surface area (Å²) >= 11 is 1.60. The van der Waals surface area contributed by atoms with Gasteiger partial charge in [-0.15, -0.1) is 11.3 Å². The molecule has 2 rings (SSSR count). The highest BCUT2D eigenvalue weighted by Gasteiger charge is 2.27. The molecular weight excluding hydrogens is 250 g/mol. The molecule has 0 radical (unpaired) electrons. The van der Waals surface area contributed by atoms with E-state index >= 15 is 0 Å². The number of hydrogen-bond acceptors (Lipinski definition) is 5. The van der Waals surface area contributed by atoms with E-state index in [1.54, 1.807) is 25.2 Å². The van der Waals surface area contributed by atoms with Crippen LogP contribution in [0.3, 0.4) is 0 Å². The van der Waals surface area contributed by atoms with Crippen molar-refractivity contribution < 1.29 is 9.90 Å². The molecule has 5 nitrogen and oxygen atoms in total. The highest BCUT2D eigenvalue weighted by molar-refractivity contribution is 7.18. The molecule has 0 fully saturated rings. The van der Waals surface area contributed by atoms with Crippen LogP contribution in [-0.4, -0.2) is 27.6 Å². The van der Waals surface area contributed by atoms with Gasteiger partial charge in [0.05, 0.1) is 10.8 Å². The van der Waals surface area contributed by atoms with Gasteiger partial charge in [0.15, 0.2) is 0 Å². The second kappa shape index (κ2) is 4.53. The molecule has 0 spiro atoms. The summed E-state index contributed by atoms with van der Waals surface area (Å²) in [6.45, 7) is 5.69. The van der Waals surface area contributed by atoms with Crippen LogP contribution in [0.25, 0.3) is 10.2 Å². The predicted octanol–water partition coefficient (Wildman–Crippen LogP) is 2.52. The quantitative estimate of drug-likeness (QED) is 0.888. The first-order valence-electron chi connectivity index (χ1n) is 5.58. The van der Waals surface area contributed by atoms with E-state index in [4.69, 9.17) is 5.11 Å². The van der Waals surface area contributed by atoms with E-state index in [9.17, 15) is 4.79 Å². The topological polar surface area (TPSA) is 75.1 Å². The van der Waals surface area contributed by atoms with Crippen molar-refractivity contribution >= 4 is 33.3 Å². The smallest absolute Gasteiger partial charge is 0.310 e. The SMILES string of the molecule is Cc1cc2c(NCC(C)(C)C(=O)O)ncnc2s1. The Morgan fingerprint density at radius 3 is 2.89 bits per heavy atom. The zero-order chi connectivity index (χ0) is 13.3. The number of hydrogen-bond donors (Lipinski definition) is 2. The molecule has 0 aromatic carbocycles. The van der Waals surface area contributed by atoms with Crippen LogP contribution in [0.4, 0.5) is 5.82 Å². The van der Waals surface area contributed by atoms with Gasteiger partial charge in [0, 0.05) is 11.4 Å². The normalized spacial score (nSPS) is 11.7. The molecule has 0 aliphatic rings. The van der Waals surface area contributed by atoms with E-state index in [0.717, 1.165) is 15.1 Å². The van der Waals surface area contributed by atoms with Crippen LogP contribution in [-0.2, 0) is 4.79 Å². The second-order valence-electron chi connectivity index (χ2n) is 4.84. The number of nitrogens with zero attached hydrogens (tertiary/aromatic N) is 2. The first kappa shape index (κ1) is 12.8. The number of aromatic nitrogens is 2. The van der Waals surface area contributed by atoms with Gasteiger partial charge in [-0.25, -0.2) is 9.97 Å². The van der Waals surface area contributed by atoms with E-state index in [0.29, 0.717) is 12.4 Å². The van der Waals surface area contributed by atoms with Gasteiger partial charge in [0.1, 0.15) is 17.0 Å². The molecule has 0 atom stereocenters. The second-order valence-corrected chi connectivity index (χ2v) is 6.08. The molecule has 0 aliphatic heterocycles. The van der Waals surface area contributed by atoms with Crippen LogP contribution in [0.1, 0.15) is 18.7 Å². The van der Waals surface area contributed by atoms with Crippen molar-refractivity contribution in [1.29, 1.82) is 0 Å². The number of thiophene rings is 1. The number of fused-ring (bicyclic) bond motifs is 1. The molecule has 0 saturated heterocycles. The molecular formula is C12H15N3O2S. The third kappa shape index (κ3) is 2.43. The van der Waals surface area contributed by atoms with Gasteiger partial charge in [-0.05, 0) is 26.8 Å². The highest BCUT2D eigenvalue weighted by atomic mass is 32.1. The minimum Gasteiger partial charge on any atom is -0.481 e. The lowest BCUT2D eigenvalue weighted by molar-refractivity contribution is -0.146. The molecule has 0 aliphatic carbocycles. The number of aryl methyl sites for hydroxylation is 1. The Kier molecular flexibility index (Phi) is 3.21. The average Bonchev–Trinajstić information content (AvgIpc) is 2.66. The Bertz CT molecular complexity index is 592. The number of rotatable bonds is 4. The van der Waals surface area contributed by atoms with Crippen molar-refractivity contribution in [2.45, 2.75) is 20.8 Å². The van der Waals surface area contributed by atoms with Crippen LogP contribution >= 0.6 is 11.3 Å². The Labute approximate surface area is 109 Å². The van der Waals surface area contributed by atoms with Gasteiger partial charge in [-0.3, -0.25) is 4.79 Å². The Morgan fingerprint density at radius 2 is 2.22 bits per heavy atom. The van der Waals surface area contributed by atoms with E-state index in [2.05, 4.69) is 15.3 Å².